The smallest absolute Gasteiger partial charge is 0.387 e. The molecule has 0 saturated carbocycles. The maximum absolute atomic E-state index is 12.9. The molecule has 0 heterocycles. The third-order valence-electron chi connectivity index (χ3n) is 11.3. The van der Waals surface area contributed by atoms with Crippen molar-refractivity contribution in [2.75, 3.05) is 40.9 Å². The number of nitrogens with one attached hydrogen (secondary N) is 1. The maximum Gasteiger partial charge on any atom is 0.472 e. The van der Waals surface area contributed by atoms with Gasteiger partial charge in [0.2, 0.25) is 5.91 Å². The predicted molar refractivity (Wildman–Crippen MR) is 258 cm³/mol. The number of phosphoric ester groups is 1. The van der Waals surface area contributed by atoms with Crippen molar-refractivity contribution in [2.24, 2.45) is 0 Å². The minimum Gasteiger partial charge on any atom is -0.387 e. The average molecular weight is 868 g/mol. The van der Waals surface area contributed by atoms with Gasteiger partial charge in [-0.3, -0.25) is 13.8 Å². The fourth-order valence-electron chi connectivity index (χ4n) is 7.29. The lowest BCUT2D eigenvalue weighted by molar-refractivity contribution is -0.870. The Morgan fingerprint density at radius 1 is 0.550 bits per heavy atom. The van der Waals surface area contributed by atoms with E-state index in [1.807, 2.05) is 27.2 Å². The fourth-order valence-corrected chi connectivity index (χ4v) is 8.02. The number of allylic oxidation sites excluding steroid dienone is 5. The van der Waals surface area contributed by atoms with Crippen molar-refractivity contribution in [3.8, 4) is 0 Å². The van der Waals surface area contributed by atoms with Crippen LogP contribution in [0.25, 0.3) is 0 Å². The number of amides is 1. The number of aliphatic hydroxyl groups is 1. The van der Waals surface area contributed by atoms with Crippen LogP contribution in [-0.4, -0.2) is 73.4 Å². The van der Waals surface area contributed by atoms with Crippen molar-refractivity contribution in [3.63, 3.8) is 0 Å². The standard InChI is InChI=1S/C51H99N2O6P/c1-6-8-10-12-14-16-18-20-22-23-24-25-26-27-28-29-30-31-33-35-37-39-41-43-45-51(55)52-49(48-59-60(56,57)58-47-46-53(3,4)5)50(54)44-42-40-38-36-34-32-21-19-17-15-13-11-9-7-2/h27-28,34,36,42,44,49-50,54H,6-26,29-33,35,37-41,43,45-48H2,1-5H3,(H-,52,55,56,57)/p+1/b28-27-,36-34+,44-42+. The van der Waals surface area contributed by atoms with Gasteiger partial charge < -0.3 is 19.8 Å². The number of unbranched alkanes of at least 4 members (excludes halogenated alkanes) is 29. The van der Waals surface area contributed by atoms with Crippen LogP contribution in [-0.2, 0) is 18.4 Å². The molecule has 0 bridgehead atoms. The van der Waals surface area contributed by atoms with Crippen LogP contribution in [0, 0.1) is 0 Å². The molecule has 1 amide bonds. The second-order valence-corrected chi connectivity index (χ2v) is 20.0. The van der Waals surface area contributed by atoms with E-state index in [1.165, 1.54) is 173 Å². The zero-order valence-electron chi connectivity index (χ0n) is 40.2. The topological polar surface area (TPSA) is 105 Å². The van der Waals surface area contributed by atoms with E-state index < -0.39 is 20.0 Å². The number of hydrogen-bond acceptors (Lipinski definition) is 5. The van der Waals surface area contributed by atoms with Gasteiger partial charge in [0.05, 0.1) is 39.9 Å². The zero-order chi connectivity index (χ0) is 44.3. The highest BCUT2D eigenvalue weighted by molar-refractivity contribution is 7.47. The summed E-state index contributed by atoms with van der Waals surface area (Å²) in [5, 5.41) is 13.8. The van der Waals surface area contributed by atoms with Crippen molar-refractivity contribution in [1.82, 2.24) is 5.32 Å². The molecule has 0 saturated heterocycles. The highest BCUT2D eigenvalue weighted by Gasteiger charge is 2.27. The van der Waals surface area contributed by atoms with E-state index in [0.717, 1.165) is 38.5 Å². The number of carbonyl (C=O) groups is 1. The molecule has 3 N–H and O–H groups in total. The summed E-state index contributed by atoms with van der Waals surface area (Å²) in [6.07, 6.45) is 53.7. The summed E-state index contributed by atoms with van der Waals surface area (Å²) in [5.74, 6) is -0.189. The number of phosphoric acid groups is 1. The Kier molecular flexibility index (Phi) is 42.1. The second kappa shape index (κ2) is 43.0. The highest BCUT2D eigenvalue weighted by Crippen LogP contribution is 2.43. The number of aliphatic hydroxyl groups excluding tert-OH is 1. The maximum atomic E-state index is 12.9. The first kappa shape index (κ1) is 58.7. The predicted octanol–water partition coefficient (Wildman–Crippen LogP) is 14.6. The Labute approximate surface area is 372 Å². The van der Waals surface area contributed by atoms with Gasteiger partial charge in [-0.1, -0.05) is 204 Å². The first-order valence-electron chi connectivity index (χ1n) is 25.4. The van der Waals surface area contributed by atoms with E-state index in [-0.39, 0.29) is 19.1 Å². The van der Waals surface area contributed by atoms with E-state index in [1.54, 1.807) is 6.08 Å². The largest absolute Gasteiger partial charge is 0.472 e. The Morgan fingerprint density at radius 3 is 1.33 bits per heavy atom. The summed E-state index contributed by atoms with van der Waals surface area (Å²) in [6, 6.07) is -0.863. The molecule has 0 aliphatic heterocycles. The second-order valence-electron chi connectivity index (χ2n) is 18.5. The summed E-state index contributed by atoms with van der Waals surface area (Å²) < 4.78 is 23.6. The van der Waals surface area contributed by atoms with Gasteiger partial charge in [-0.25, -0.2) is 4.57 Å². The third-order valence-corrected chi connectivity index (χ3v) is 12.3. The van der Waals surface area contributed by atoms with E-state index in [9.17, 15) is 19.4 Å². The molecule has 60 heavy (non-hydrogen) atoms. The first-order valence-corrected chi connectivity index (χ1v) is 26.9. The average Bonchev–Trinajstić information content (AvgIpc) is 3.20. The molecule has 0 aromatic rings. The lowest BCUT2D eigenvalue weighted by Crippen LogP contribution is -2.45. The van der Waals surface area contributed by atoms with Gasteiger partial charge in [0.1, 0.15) is 13.2 Å². The monoisotopic (exact) mass is 868 g/mol. The van der Waals surface area contributed by atoms with Gasteiger partial charge in [0.25, 0.3) is 0 Å². The van der Waals surface area contributed by atoms with Crippen molar-refractivity contribution in [1.29, 1.82) is 0 Å². The van der Waals surface area contributed by atoms with Gasteiger partial charge in [0, 0.05) is 6.42 Å². The van der Waals surface area contributed by atoms with Gasteiger partial charge in [-0.15, -0.1) is 0 Å². The normalized spacial score (nSPS) is 14.4. The van der Waals surface area contributed by atoms with Crippen LogP contribution in [0.15, 0.2) is 36.5 Å². The molecule has 0 spiro atoms. The number of nitrogens with zero attached hydrogens (tertiary/aromatic N) is 1. The quantitative estimate of drug-likeness (QED) is 0.0244. The number of rotatable bonds is 46. The Bertz CT molecular complexity index is 1070. The van der Waals surface area contributed by atoms with E-state index >= 15 is 0 Å². The van der Waals surface area contributed by atoms with Crippen LogP contribution in [0.2, 0.25) is 0 Å². The molecule has 0 rings (SSSR count). The van der Waals surface area contributed by atoms with Crippen LogP contribution in [0.5, 0.6) is 0 Å². The first-order chi connectivity index (χ1) is 29.0. The number of hydrogen-bond donors (Lipinski definition) is 3. The molecule has 9 heteroatoms. The van der Waals surface area contributed by atoms with Crippen molar-refractivity contribution in [2.45, 2.75) is 244 Å². The number of quaternary nitrogens is 1. The molecule has 0 fully saturated rings. The van der Waals surface area contributed by atoms with Crippen LogP contribution in [0.1, 0.15) is 232 Å². The van der Waals surface area contributed by atoms with Crippen molar-refractivity contribution < 1.29 is 32.9 Å². The lowest BCUT2D eigenvalue weighted by atomic mass is 10.0. The summed E-state index contributed by atoms with van der Waals surface area (Å²) in [7, 11) is 1.55. The molecule has 8 nitrogen and oxygen atoms in total. The molecule has 0 radical (unpaired) electrons. The SMILES string of the molecule is CCCCCCCCCC/C=C/CC/C=C/C(O)C(COP(=O)(O)OCC[N+](C)(C)C)NC(=O)CCCCCCCCCC/C=C\CCCCCCCCCCCCCC. The van der Waals surface area contributed by atoms with Gasteiger partial charge >= 0.3 is 7.82 Å². The van der Waals surface area contributed by atoms with E-state index in [2.05, 4.69) is 43.5 Å². The van der Waals surface area contributed by atoms with Gasteiger partial charge in [0.15, 0.2) is 0 Å². The summed E-state index contributed by atoms with van der Waals surface area (Å²) >= 11 is 0. The lowest BCUT2D eigenvalue weighted by Gasteiger charge is -2.25. The number of carbonyl (C=O) groups excluding carboxylic acids is 1. The molecule has 3 unspecified atom stereocenters. The van der Waals surface area contributed by atoms with Crippen LogP contribution >= 0.6 is 7.82 Å². The molecular weight excluding hydrogens is 768 g/mol. The molecule has 0 aliphatic rings. The molecule has 0 aromatic heterocycles. The molecule has 3 atom stereocenters. The highest BCUT2D eigenvalue weighted by atomic mass is 31.2. The summed E-state index contributed by atoms with van der Waals surface area (Å²) in [4.78, 5) is 23.2. The zero-order valence-corrected chi connectivity index (χ0v) is 41.1. The van der Waals surface area contributed by atoms with Gasteiger partial charge in [-0.2, -0.15) is 0 Å². The van der Waals surface area contributed by atoms with Crippen molar-refractivity contribution >= 4 is 13.7 Å². The minimum absolute atomic E-state index is 0.0558. The molecule has 0 aliphatic carbocycles. The molecular formula is C51H100N2O6P+. The third kappa shape index (κ3) is 44.8. The van der Waals surface area contributed by atoms with E-state index in [0.29, 0.717) is 17.4 Å². The number of likely N-dealkylation sites (N-methyl/N-ethyl adjacent to an activating group) is 1. The Balaban J connectivity index is 4.27. The van der Waals surface area contributed by atoms with Crippen LogP contribution < -0.4 is 5.32 Å². The Morgan fingerprint density at radius 2 is 0.917 bits per heavy atom. The molecule has 0 aromatic carbocycles. The van der Waals surface area contributed by atoms with Crippen LogP contribution in [0.3, 0.4) is 0 Å². The fraction of sp³-hybridized carbons (Fsp3) is 0.863. The summed E-state index contributed by atoms with van der Waals surface area (Å²) in [5.41, 5.74) is 0. The van der Waals surface area contributed by atoms with E-state index in [4.69, 9.17) is 9.05 Å². The Hall–Kier alpha value is -1.28. The van der Waals surface area contributed by atoms with Crippen LogP contribution in [0.4, 0.5) is 0 Å². The van der Waals surface area contributed by atoms with Crippen molar-refractivity contribution in [3.05, 3.63) is 36.5 Å². The minimum atomic E-state index is -4.35. The molecule has 354 valence electrons. The van der Waals surface area contributed by atoms with Gasteiger partial charge in [-0.05, 0) is 57.8 Å². The summed E-state index contributed by atoms with van der Waals surface area (Å²) in [6.45, 7) is 4.80.